The van der Waals surface area contributed by atoms with E-state index < -0.39 is 25.5 Å². The van der Waals surface area contributed by atoms with Gasteiger partial charge in [-0.25, -0.2) is 0 Å². The second-order valence-electron chi connectivity index (χ2n) is 2.35. The first-order valence-electron chi connectivity index (χ1n) is 3.23. The first-order chi connectivity index (χ1) is 5.27. The van der Waals surface area contributed by atoms with Crippen LogP contribution in [-0.4, -0.2) is 17.9 Å². The highest BCUT2D eigenvalue weighted by atomic mass is 31.2. The van der Waals surface area contributed by atoms with Crippen LogP contribution < -0.4 is 15.7 Å². The molecule has 3 atom stereocenters. The molecule has 2 N–H and O–H groups in total. The summed E-state index contributed by atoms with van der Waals surface area (Å²) in [7, 11) is -4.27. The Bertz CT molecular complexity index is 216. The maximum atomic E-state index is 10.8. The molecule has 0 fully saturated rings. The summed E-state index contributed by atoms with van der Waals surface area (Å²) in [6.45, 7) is 2.25. The third kappa shape index (κ3) is 3.32. The van der Waals surface area contributed by atoms with Crippen LogP contribution in [0.1, 0.15) is 13.8 Å². The van der Waals surface area contributed by atoms with Gasteiger partial charge in [0.25, 0.3) is 0 Å². The molecule has 72 valence electrons. The van der Waals surface area contributed by atoms with Gasteiger partial charge in [-0.3, -0.25) is 0 Å². The van der Waals surface area contributed by atoms with Crippen LogP contribution in [-0.2, 0) is 13.9 Å². The van der Waals surface area contributed by atoms with E-state index in [4.69, 9.17) is 5.73 Å². The molecule has 0 saturated carbocycles. The SMILES string of the molecule is CC(N)P(=O)([O-])O[C@H](C)C(=O)[O-]. The number of hydrogen-bond donors (Lipinski definition) is 1. The fourth-order valence-corrected chi connectivity index (χ4v) is 1.08. The molecule has 0 amide bonds. The third-order valence-electron chi connectivity index (χ3n) is 1.14. The first kappa shape index (κ1) is 11.6. The number of carboxylic acid groups (broad SMARTS) is 1. The van der Waals surface area contributed by atoms with Crippen molar-refractivity contribution in [2.75, 3.05) is 0 Å². The van der Waals surface area contributed by atoms with Crippen molar-refractivity contribution >= 4 is 13.6 Å². The molecule has 0 spiro atoms. The average Bonchev–Trinajstić information content (AvgIpc) is 1.85. The maximum absolute atomic E-state index is 10.8. The monoisotopic (exact) mass is 195 g/mol. The predicted molar refractivity (Wildman–Crippen MR) is 36.8 cm³/mol. The Morgan fingerprint density at radius 3 is 2.25 bits per heavy atom. The Labute approximate surface area is 69.9 Å². The second-order valence-corrected chi connectivity index (χ2v) is 4.45. The third-order valence-corrected chi connectivity index (χ3v) is 2.74. The summed E-state index contributed by atoms with van der Waals surface area (Å²) in [5, 5.41) is 10.1. The van der Waals surface area contributed by atoms with Gasteiger partial charge in [-0.1, -0.05) is 0 Å². The van der Waals surface area contributed by atoms with Gasteiger partial charge in [-0.15, -0.1) is 0 Å². The summed E-state index contributed by atoms with van der Waals surface area (Å²) in [6.07, 6.45) is -1.50. The lowest BCUT2D eigenvalue weighted by atomic mass is 10.4. The van der Waals surface area contributed by atoms with Crippen LogP contribution in [0.5, 0.6) is 0 Å². The van der Waals surface area contributed by atoms with E-state index in [2.05, 4.69) is 4.52 Å². The number of aliphatic carboxylic acids is 1. The molecule has 0 saturated heterocycles. The minimum Gasteiger partial charge on any atom is -0.777 e. The largest absolute Gasteiger partial charge is 0.777 e. The Hall–Kier alpha value is -0.420. The van der Waals surface area contributed by atoms with E-state index in [0.717, 1.165) is 6.92 Å². The van der Waals surface area contributed by atoms with Gasteiger partial charge in [0.15, 0.2) is 7.60 Å². The van der Waals surface area contributed by atoms with Crippen LogP contribution >= 0.6 is 7.60 Å². The Morgan fingerprint density at radius 2 is 2.00 bits per heavy atom. The van der Waals surface area contributed by atoms with Crippen molar-refractivity contribution in [1.29, 1.82) is 0 Å². The minimum atomic E-state index is -4.27. The molecule has 0 aromatic rings. The van der Waals surface area contributed by atoms with Crippen LogP contribution in [0.3, 0.4) is 0 Å². The predicted octanol–water partition coefficient (Wildman–Crippen LogP) is -2.00. The molecule has 0 aliphatic heterocycles. The zero-order valence-electron chi connectivity index (χ0n) is 6.72. The quantitative estimate of drug-likeness (QED) is 0.518. The molecule has 12 heavy (non-hydrogen) atoms. The van der Waals surface area contributed by atoms with E-state index in [0.29, 0.717) is 0 Å². The number of carboxylic acids is 1. The molecule has 2 unspecified atom stereocenters. The molecular formula is C5H10NO5P-2. The van der Waals surface area contributed by atoms with Crippen molar-refractivity contribution < 1.29 is 23.9 Å². The van der Waals surface area contributed by atoms with Gasteiger partial charge >= 0.3 is 0 Å². The maximum Gasteiger partial charge on any atom is 0.151 e. The molecular weight excluding hydrogens is 185 g/mol. The topological polar surface area (TPSA) is 116 Å². The van der Waals surface area contributed by atoms with Crippen molar-refractivity contribution in [3.05, 3.63) is 0 Å². The van der Waals surface area contributed by atoms with Crippen molar-refractivity contribution in [1.82, 2.24) is 0 Å². The lowest BCUT2D eigenvalue weighted by molar-refractivity contribution is -0.315. The smallest absolute Gasteiger partial charge is 0.151 e. The number of carbonyl (C=O) groups excluding carboxylic acids is 1. The molecule has 0 radical (unpaired) electrons. The van der Waals surface area contributed by atoms with Crippen molar-refractivity contribution in [2.45, 2.75) is 25.7 Å². The van der Waals surface area contributed by atoms with Gasteiger partial charge in [0.05, 0.1) is 11.8 Å². The van der Waals surface area contributed by atoms with Crippen molar-refractivity contribution in [3.63, 3.8) is 0 Å². The number of rotatable bonds is 4. The van der Waals surface area contributed by atoms with Gasteiger partial charge in [-0.2, -0.15) is 0 Å². The first-order valence-corrected chi connectivity index (χ1v) is 4.84. The van der Waals surface area contributed by atoms with Crippen LogP contribution in [0.25, 0.3) is 0 Å². The summed E-state index contributed by atoms with van der Waals surface area (Å²) >= 11 is 0. The van der Waals surface area contributed by atoms with Gasteiger partial charge in [0.2, 0.25) is 0 Å². The van der Waals surface area contributed by atoms with E-state index in [-0.39, 0.29) is 0 Å². The lowest BCUT2D eigenvalue weighted by Gasteiger charge is -2.30. The highest BCUT2D eigenvalue weighted by molar-refractivity contribution is 7.52. The van der Waals surface area contributed by atoms with E-state index in [1.54, 1.807) is 0 Å². The summed E-state index contributed by atoms with van der Waals surface area (Å²) in [5.74, 6) is -2.81. The Kier molecular flexibility index (Phi) is 3.86. The van der Waals surface area contributed by atoms with Crippen LogP contribution in [0.15, 0.2) is 0 Å². The lowest BCUT2D eigenvalue weighted by Crippen LogP contribution is -2.37. The van der Waals surface area contributed by atoms with E-state index in [1.807, 2.05) is 0 Å². The molecule has 6 nitrogen and oxygen atoms in total. The molecule has 0 heterocycles. The molecule has 0 aliphatic carbocycles. The molecule has 0 rings (SSSR count). The molecule has 0 aromatic heterocycles. The van der Waals surface area contributed by atoms with Crippen LogP contribution in [0.2, 0.25) is 0 Å². The fourth-order valence-electron chi connectivity index (χ4n) is 0.359. The molecule has 0 bridgehead atoms. The van der Waals surface area contributed by atoms with E-state index in [1.165, 1.54) is 6.92 Å². The molecule has 7 heteroatoms. The van der Waals surface area contributed by atoms with Crippen molar-refractivity contribution in [3.8, 4) is 0 Å². The minimum absolute atomic E-state index is 1.06. The standard InChI is InChI=1S/C5H12NO5P/c1-3(5(7)8)11-12(9,10)4(2)6/h3-4H,6H2,1-2H3,(H,7,8)(H,9,10)/p-2/t3-,4?/m1/s1. The van der Waals surface area contributed by atoms with Gasteiger partial charge in [-0.05, 0) is 13.8 Å². The van der Waals surface area contributed by atoms with Gasteiger partial charge in [0, 0.05) is 0 Å². The van der Waals surface area contributed by atoms with Gasteiger partial charge < -0.3 is 29.6 Å². The summed E-state index contributed by atoms with van der Waals surface area (Å²) in [5.41, 5.74) is 5.00. The van der Waals surface area contributed by atoms with E-state index in [9.17, 15) is 19.4 Å². The van der Waals surface area contributed by atoms with Crippen LogP contribution in [0, 0.1) is 0 Å². The van der Waals surface area contributed by atoms with Crippen molar-refractivity contribution in [2.24, 2.45) is 5.73 Å². The summed E-state index contributed by atoms with van der Waals surface area (Å²) < 4.78 is 15.0. The Balaban J connectivity index is 4.25. The number of nitrogens with two attached hydrogens (primary N) is 1. The Morgan fingerprint density at radius 1 is 1.58 bits per heavy atom. The molecule has 0 aromatic carbocycles. The van der Waals surface area contributed by atoms with Gasteiger partial charge in [0.1, 0.15) is 6.10 Å². The zero-order valence-corrected chi connectivity index (χ0v) is 7.61. The zero-order chi connectivity index (χ0) is 9.94. The number of carbonyl (C=O) groups is 1. The highest BCUT2D eigenvalue weighted by Crippen LogP contribution is 2.41. The summed E-state index contributed by atoms with van der Waals surface area (Å²) in [4.78, 5) is 20.9. The fraction of sp³-hybridized carbons (Fsp3) is 0.800. The molecule has 0 aliphatic rings. The summed E-state index contributed by atoms with van der Waals surface area (Å²) in [6, 6.07) is 0. The number of hydrogen-bond acceptors (Lipinski definition) is 6. The average molecular weight is 195 g/mol. The highest BCUT2D eigenvalue weighted by Gasteiger charge is 2.18. The normalized spacial score (nSPS) is 21.0. The van der Waals surface area contributed by atoms with Crippen LogP contribution in [0.4, 0.5) is 0 Å². The van der Waals surface area contributed by atoms with E-state index >= 15 is 0 Å². The second kappa shape index (κ2) is 4.00.